The average Bonchev–Trinajstić information content (AvgIpc) is 2.81. The highest BCUT2D eigenvalue weighted by atomic mass is 19.1. The van der Waals surface area contributed by atoms with E-state index in [2.05, 4.69) is 11.8 Å². The maximum absolute atomic E-state index is 12.9. The third-order valence-electron chi connectivity index (χ3n) is 3.74. The summed E-state index contributed by atoms with van der Waals surface area (Å²) >= 11 is 0. The molecule has 1 fully saturated rings. The molecule has 2 atom stereocenters. The van der Waals surface area contributed by atoms with Gasteiger partial charge in [0, 0.05) is 18.6 Å². The van der Waals surface area contributed by atoms with E-state index in [1.165, 1.54) is 18.4 Å². The SMILES string of the molecule is CCC(c1ccc(F)cc1)N1CCCC1CN. The molecule has 2 rings (SSSR count). The monoisotopic (exact) mass is 236 g/mol. The molecule has 0 spiro atoms. The summed E-state index contributed by atoms with van der Waals surface area (Å²) in [5.74, 6) is -0.166. The van der Waals surface area contributed by atoms with Crippen molar-refractivity contribution in [3.8, 4) is 0 Å². The summed E-state index contributed by atoms with van der Waals surface area (Å²) in [6.45, 7) is 4.01. The summed E-state index contributed by atoms with van der Waals surface area (Å²) < 4.78 is 12.9. The number of nitrogens with two attached hydrogens (primary N) is 1. The maximum Gasteiger partial charge on any atom is 0.123 e. The van der Waals surface area contributed by atoms with Crippen LogP contribution < -0.4 is 5.73 Å². The number of rotatable bonds is 4. The highest BCUT2D eigenvalue weighted by molar-refractivity contribution is 5.20. The molecule has 2 N–H and O–H groups in total. The molecule has 1 aliphatic rings. The predicted octanol–water partition coefficient (Wildman–Crippen LogP) is 2.70. The van der Waals surface area contributed by atoms with Gasteiger partial charge in [-0.1, -0.05) is 19.1 Å². The van der Waals surface area contributed by atoms with Crippen LogP contribution in [0.15, 0.2) is 24.3 Å². The van der Waals surface area contributed by atoms with E-state index in [1.54, 1.807) is 12.1 Å². The molecule has 2 nitrogen and oxygen atoms in total. The van der Waals surface area contributed by atoms with Crippen LogP contribution in [0.1, 0.15) is 37.8 Å². The van der Waals surface area contributed by atoms with Gasteiger partial charge in [0.1, 0.15) is 5.82 Å². The Bertz CT molecular complexity index is 350. The molecule has 0 radical (unpaired) electrons. The Kier molecular flexibility index (Phi) is 4.13. The zero-order valence-corrected chi connectivity index (χ0v) is 10.4. The normalized spacial score (nSPS) is 22.9. The van der Waals surface area contributed by atoms with Gasteiger partial charge in [0.2, 0.25) is 0 Å². The molecule has 1 aromatic carbocycles. The number of hydrogen-bond donors (Lipinski definition) is 1. The summed E-state index contributed by atoms with van der Waals surface area (Å²) in [5, 5.41) is 0. The molecule has 3 heteroatoms. The molecular formula is C14H21FN2. The lowest BCUT2D eigenvalue weighted by molar-refractivity contribution is 0.179. The van der Waals surface area contributed by atoms with Crippen molar-refractivity contribution in [1.29, 1.82) is 0 Å². The van der Waals surface area contributed by atoms with Gasteiger partial charge in [-0.2, -0.15) is 0 Å². The first kappa shape index (κ1) is 12.5. The number of nitrogens with zero attached hydrogens (tertiary/aromatic N) is 1. The molecule has 0 aliphatic carbocycles. The third kappa shape index (κ3) is 2.67. The van der Waals surface area contributed by atoms with Crippen molar-refractivity contribution < 1.29 is 4.39 Å². The van der Waals surface area contributed by atoms with Crippen LogP contribution in [0.3, 0.4) is 0 Å². The average molecular weight is 236 g/mol. The fourth-order valence-corrected chi connectivity index (χ4v) is 2.87. The van der Waals surface area contributed by atoms with Crippen molar-refractivity contribution >= 4 is 0 Å². The van der Waals surface area contributed by atoms with E-state index < -0.39 is 0 Å². The van der Waals surface area contributed by atoms with Gasteiger partial charge in [-0.15, -0.1) is 0 Å². The van der Waals surface area contributed by atoms with Gasteiger partial charge in [0.15, 0.2) is 0 Å². The minimum atomic E-state index is -0.166. The molecule has 1 heterocycles. The highest BCUT2D eigenvalue weighted by Gasteiger charge is 2.29. The summed E-state index contributed by atoms with van der Waals surface area (Å²) in [5.41, 5.74) is 7.02. The van der Waals surface area contributed by atoms with Gasteiger partial charge in [-0.3, -0.25) is 4.90 Å². The van der Waals surface area contributed by atoms with Crippen molar-refractivity contribution in [3.63, 3.8) is 0 Å². The van der Waals surface area contributed by atoms with Gasteiger partial charge in [-0.05, 0) is 43.5 Å². The standard InChI is InChI=1S/C14H21FN2/c1-2-14(11-5-7-12(15)8-6-11)17-9-3-4-13(17)10-16/h5-8,13-14H,2-4,9-10,16H2,1H3. The summed E-state index contributed by atoms with van der Waals surface area (Å²) in [7, 11) is 0. The molecule has 2 unspecified atom stereocenters. The van der Waals surface area contributed by atoms with Crippen molar-refractivity contribution in [3.05, 3.63) is 35.6 Å². The first-order valence-electron chi connectivity index (χ1n) is 6.47. The first-order chi connectivity index (χ1) is 8.26. The third-order valence-corrected chi connectivity index (χ3v) is 3.74. The molecule has 1 aromatic rings. The van der Waals surface area contributed by atoms with Gasteiger partial charge < -0.3 is 5.73 Å². The number of likely N-dealkylation sites (tertiary alicyclic amines) is 1. The Balaban J connectivity index is 2.18. The second-order valence-corrected chi connectivity index (χ2v) is 4.75. The Morgan fingerprint density at radius 1 is 1.41 bits per heavy atom. The largest absolute Gasteiger partial charge is 0.329 e. The van der Waals surface area contributed by atoms with E-state index >= 15 is 0 Å². The number of hydrogen-bond acceptors (Lipinski definition) is 2. The van der Waals surface area contributed by atoms with Gasteiger partial charge in [0.25, 0.3) is 0 Å². The Morgan fingerprint density at radius 3 is 2.71 bits per heavy atom. The Morgan fingerprint density at radius 2 is 2.12 bits per heavy atom. The van der Waals surface area contributed by atoms with Gasteiger partial charge in [0.05, 0.1) is 0 Å². The van der Waals surface area contributed by atoms with Crippen LogP contribution in [0.2, 0.25) is 0 Å². The van der Waals surface area contributed by atoms with E-state index in [0.717, 1.165) is 19.5 Å². The van der Waals surface area contributed by atoms with Crippen molar-refractivity contribution in [2.24, 2.45) is 5.73 Å². The fourth-order valence-electron chi connectivity index (χ4n) is 2.87. The number of benzene rings is 1. The Labute approximate surface area is 103 Å². The quantitative estimate of drug-likeness (QED) is 0.871. The lowest BCUT2D eigenvalue weighted by atomic mass is 10.0. The first-order valence-corrected chi connectivity index (χ1v) is 6.47. The zero-order chi connectivity index (χ0) is 12.3. The minimum Gasteiger partial charge on any atom is -0.329 e. The molecule has 0 amide bonds. The summed E-state index contributed by atoms with van der Waals surface area (Å²) in [6.07, 6.45) is 3.45. The molecule has 1 saturated heterocycles. The molecule has 0 aromatic heterocycles. The predicted molar refractivity (Wildman–Crippen MR) is 68.2 cm³/mol. The fraction of sp³-hybridized carbons (Fsp3) is 0.571. The van der Waals surface area contributed by atoms with Crippen LogP contribution in [-0.2, 0) is 0 Å². The van der Waals surface area contributed by atoms with Crippen LogP contribution in [0.25, 0.3) is 0 Å². The smallest absolute Gasteiger partial charge is 0.123 e. The van der Waals surface area contributed by atoms with E-state index in [0.29, 0.717) is 12.1 Å². The molecule has 17 heavy (non-hydrogen) atoms. The van der Waals surface area contributed by atoms with E-state index in [1.807, 2.05) is 12.1 Å². The van der Waals surface area contributed by atoms with Crippen molar-refractivity contribution in [1.82, 2.24) is 4.90 Å². The van der Waals surface area contributed by atoms with E-state index in [-0.39, 0.29) is 5.82 Å². The topological polar surface area (TPSA) is 29.3 Å². The van der Waals surface area contributed by atoms with Crippen molar-refractivity contribution in [2.75, 3.05) is 13.1 Å². The molecular weight excluding hydrogens is 215 g/mol. The van der Waals surface area contributed by atoms with Crippen LogP contribution >= 0.6 is 0 Å². The maximum atomic E-state index is 12.9. The van der Waals surface area contributed by atoms with Crippen LogP contribution in [0, 0.1) is 5.82 Å². The lowest BCUT2D eigenvalue weighted by Crippen LogP contribution is -2.38. The van der Waals surface area contributed by atoms with Crippen molar-refractivity contribution in [2.45, 2.75) is 38.3 Å². The van der Waals surface area contributed by atoms with Crippen LogP contribution in [0.5, 0.6) is 0 Å². The summed E-state index contributed by atoms with van der Waals surface area (Å²) in [4.78, 5) is 2.48. The second kappa shape index (κ2) is 5.61. The summed E-state index contributed by atoms with van der Waals surface area (Å²) in [6, 6.07) is 7.76. The van der Waals surface area contributed by atoms with Crippen LogP contribution in [0.4, 0.5) is 4.39 Å². The highest BCUT2D eigenvalue weighted by Crippen LogP contribution is 2.31. The molecule has 0 saturated carbocycles. The number of halogens is 1. The van der Waals surface area contributed by atoms with E-state index in [4.69, 9.17) is 5.73 Å². The minimum absolute atomic E-state index is 0.166. The molecule has 0 bridgehead atoms. The van der Waals surface area contributed by atoms with Crippen LogP contribution in [-0.4, -0.2) is 24.0 Å². The zero-order valence-electron chi connectivity index (χ0n) is 10.4. The Hall–Kier alpha value is -0.930. The molecule has 94 valence electrons. The second-order valence-electron chi connectivity index (χ2n) is 4.75. The molecule has 1 aliphatic heterocycles. The lowest BCUT2D eigenvalue weighted by Gasteiger charge is -2.32. The van der Waals surface area contributed by atoms with Gasteiger partial charge in [-0.25, -0.2) is 4.39 Å². The van der Waals surface area contributed by atoms with E-state index in [9.17, 15) is 4.39 Å². The van der Waals surface area contributed by atoms with Gasteiger partial charge >= 0.3 is 0 Å².